The molecule has 1 unspecified atom stereocenters. The van der Waals surface area contributed by atoms with Gasteiger partial charge in [0.05, 0.1) is 0 Å². The molecule has 0 spiro atoms. The Hall–Kier alpha value is -2.04. The van der Waals surface area contributed by atoms with Crippen LogP contribution in [0.2, 0.25) is 0 Å². The molecule has 1 aromatic rings. The third kappa shape index (κ3) is 3.35. The van der Waals surface area contributed by atoms with Crippen molar-refractivity contribution in [1.29, 1.82) is 0 Å². The van der Waals surface area contributed by atoms with E-state index in [1.54, 1.807) is 6.92 Å². The first-order chi connectivity index (χ1) is 9.93. The molecule has 5 nitrogen and oxygen atoms in total. The zero-order valence-corrected chi connectivity index (χ0v) is 12.6. The molecule has 0 radical (unpaired) electrons. The summed E-state index contributed by atoms with van der Waals surface area (Å²) in [6.07, 6.45) is 2.19. The number of hydrogen-bond acceptors (Lipinski definition) is 2. The van der Waals surface area contributed by atoms with Crippen molar-refractivity contribution in [3.63, 3.8) is 0 Å². The summed E-state index contributed by atoms with van der Waals surface area (Å²) in [5, 5.41) is 12.2. The number of carboxylic acid groups (broad SMARTS) is 1. The molecule has 114 valence electrons. The van der Waals surface area contributed by atoms with Crippen molar-refractivity contribution >= 4 is 12.0 Å². The summed E-state index contributed by atoms with van der Waals surface area (Å²) in [6, 6.07) is 7.60. The van der Waals surface area contributed by atoms with E-state index in [1.807, 2.05) is 31.2 Å². The first-order valence-corrected chi connectivity index (χ1v) is 7.28. The highest BCUT2D eigenvalue weighted by molar-refractivity contribution is 5.86. The molecule has 1 fully saturated rings. The van der Waals surface area contributed by atoms with E-state index in [-0.39, 0.29) is 6.03 Å². The number of aryl methyl sites for hydroxylation is 1. The molecule has 2 rings (SSSR count). The highest BCUT2D eigenvalue weighted by atomic mass is 16.4. The van der Waals surface area contributed by atoms with Gasteiger partial charge in [-0.2, -0.15) is 0 Å². The van der Waals surface area contributed by atoms with Gasteiger partial charge in [0.25, 0.3) is 0 Å². The zero-order chi connectivity index (χ0) is 15.5. The number of amides is 2. The molecule has 21 heavy (non-hydrogen) atoms. The fraction of sp³-hybridized carbons (Fsp3) is 0.500. The first-order valence-electron chi connectivity index (χ1n) is 7.28. The Morgan fingerprint density at radius 3 is 2.57 bits per heavy atom. The lowest BCUT2D eigenvalue weighted by Crippen LogP contribution is -2.59. The molecule has 1 aromatic carbocycles. The number of rotatable bonds is 3. The molecule has 0 saturated carbocycles. The number of aliphatic carboxylic acids is 1. The van der Waals surface area contributed by atoms with Gasteiger partial charge in [-0.15, -0.1) is 0 Å². The van der Waals surface area contributed by atoms with Crippen LogP contribution < -0.4 is 5.32 Å². The number of nitrogens with one attached hydrogen (secondary N) is 1. The molecule has 1 heterocycles. The molecule has 1 saturated heterocycles. The summed E-state index contributed by atoms with van der Waals surface area (Å²) in [6.45, 7) is 4.53. The van der Waals surface area contributed by atoms with E-state index in [0.29, 0.717) is 19.5 Å². The van der Waals surface area contributed by atoms with Crippen molar-refractivity contribution in [3.05, 3.63) is 35.4 Å². The smallest absolute Gasteiger partial charge is 0.329 e. The minimum absolute atomic E-state index is 0.305. The standard InChI is InChI=1S/C16H22N2O3/c1-12-5-7-13(8-6-12)11-17-15(21)18-10-4-3-9-16(18,2)14(19)20/h5-8H,3-4,9-11H2,1-2H3,(H,17,21)(H,19,20). The van der Waals surface area contributed by atoms with Gasteiger partial charge >= 0.3 is 12.0 Å². The number of carbonyl (C=O) groups excluding carboxylic acids is 1. The van der Waals surface area contributed by atoms with Crippen molar-refractivity contribution in [2.45, 2.75) is 45.2 Å². The van der Waals surface area contributed by atoms with Gasteiger partial charge in [-0.1, -0.05) is 29.8 Å². The van der Waals surface area contributed by atoms with Crippen LogP contribution >= 0.6 is 0 Å². The van der Waals surface area contributed by atoms with Crippen molar-refractivity contribution in [2.24, 2.45) is 0 Å². The van der Waals surface area contributed by atoms with E-state index in [9.17, 15) is 14.7 Å². The molecule has 5 heteroatoms. The van der Waals surface area contributed by atoms with Crippen LogP contribution in [0.1, 0.15) is 37.3 Å². The molecule has 0 aliphatic carbocycles. The second-order valence-electron chi connectivity index (χ2n) is 5.83. The van der Waals surface area contributed by atoms with Gasteiger partial charge in [-0.3, -0.25) is 0 Å². The largest absolute Gasteiger partial charge is 0.480 e. The highest BCUT2D eigenvalue weighted by Gasteiger charge is 2.43. The van der Waals surface area contributed by atoms with Crippen molar-refractivity contribution in [3.8, 4) is 0 Å². The average Bonchev–Trinajstić information content (AvgIpc) is 2.46. The lowest BCUT2D eigenvalue weighted by atomic mass is 9.89. The number of benzene rings is 1. The lowest BCUT2D eigenvalue weighted by molar-refractivity contribution is -0.150. The van der Waals surface area contributed by atoms with Crippen LogP contribution in [0.3, 0.4) is 0 Å². The Labute approximate surface area is 125 Å². The number of nitrogens with zero attached hydrogens (tertiary/aromatic N) is 1. The molecule has 1 aliphatic rings. The third-order valence-corrected chi connectivity index (χ3v) is 4.16. The van der Waals surface area contributed by atoms with Gasteiger partial charge in [0.15, 0.2) is 0 Å². The van der Waals surface area contributed by atoms with Crippen molar-refractivity contribution in [2.75, 3.05) is 6.54 Å². The Balaban J connectivity index is 2.01. The maximum atomic E-state index is 12.3. The second-order valence-corrected chi connectivity index (χ2v) is 5.83. The van der Waals surface area contributed by atoms with Crippen LogP contribution in [0, 0.1) is 6.92 Å². The maximum Gasteiger partial charge on any atom is 0.329 e. The topological polar surface area (TPSA) is 69.6 Å². The fourth-order valence-electron chi connectivity index (χ4n) is 2.65. The summed E-state index contributed by atoms with van der Waals surface area (Å²) >= 11 is 0. The number of piperidine rings is 1. The highest BCUT2D eigenvalue weighted by Crippen LogP contribution is 2.28. The summed E-state index contributed by atoms with van der Waals surface area (Å²) in [4.78, 5) is 25.2. The van der Waals surface area contributed by atoms with E-state index >= 15 is 0 Å². The first kappa shape index (κ1) is 15.4. The van der Waals surface area contributed by atoms with E-state index in [0.717, 1.165) is 18.4 Å². The zero-order valence-electron chi connectivity index (χ0n) is 12.6. The predicted octanol–water partition coefficient (Wildman–Crippen LogP) is 2.53. The molecular formula is C16H22N2O3. The van der Waals surface area contributed by atoms with Gasteiger partial charge in [0, 0.05) is 13.1 Å². The second kappa shape index (κ2) is 6.16. The summed E-state index contributed by atoms with van der Waals surface area (Å²) < 4.78 is 0. The molecular weight excluding hydrogens is 268 g/mol. The van der Waals surface area contributed by atoms with Crippen LogP contribution in [0.15, 0.2) is 24.3 Å². The number of likely N-dealkylation sites (tertiary alicyclic amines) is 1. The van der Waals surface area contributed by atoms with Crippen LogP contribution in [-0.4, -0.2) is 34.1 Å². The molecule has 0 bridgehead atoms. The van der Waals surface area contributed by atoms with Gasteiger partial charge < -0.3 is 15.3 Å². The molecule has 2 amide bonds. The molecule has 1 atom stereocenters. The van der Waals surface area contributed by atoms with Gasteiger partial charge in [-0.05, 0) is 38.7 Å². The quantitative estimate of drug-likeness (QED) is 0.898. The summed E-state index contributed by atoms with van der Waals surface area (Å²) in [5.74, 6) is -0.937. The minimum Gasteiger partial charge on any atom is -0.480 e. The maximum absolute atomic E-state index is 12.3. The van der Waals surface area contributed by atoms with E-state index in [4.69, 9.17) is 0 Å². The monoisotopic (exact) mass is 290 g/mol. The number of urea groups is 1. The van der Waals surface area contributed by atoms with Gasteiger partial charge in [-0.25, -0.2) is 9.59 Å². The van der Waals surface area contributed by atoms with Gasteiger partial charge in [0.1, 0.15) is 5.54 Å². The van der Waals surface area contributed by atoms with Crippen molar-refractivity contribution in [1.82, 2.24) is 10.2 Å². The molecule has 2 N–H and O–H groups in total. The van der Waals surface area contributed by atoms with Crippen LogP contribution in [0.25, 0.3) is 0 Å². The van der Waals surface area contributed by atoms with Gasteiger partial charge in [0.2, 0.25) is 0 Å². The number of carboxylic acids is 1. The Morgan fingerprint density at radius 2 is 1.95 bits per heavy atom. The van der Waals surface area contributed by atoms with Crippen LogP contribution in [0.4, 0.5) is 4.79 Å². The summed E-state index contributed by atoms with van der Waals surface area (Å²) in [5.41, 5.74) is 1.07. The van der Waals surface area contributed by atoms with E-state index in [2.05, 4.69) is 5.32 Å². The summed E-state index contributed by atoms with van der Waals surface area (Å²) in [7, 11) is 0. The number of carbonyl (C=O) groups is 2. The SMILES string of the molecule is Cc1ccc(CNC(=O)N2CCCCC2(C)C(=O)O)cc1. The average molecular weight is 290 g/mol. The lowest BCUT2D eigenvalue weighted by Gasteiger charge is -2.41. The third-order valence-electron chi connectivity index (χ3n) is 4.16. The molecule has 0 aromatic heterocycles. The Kier molecular flexibility index (Phi) is 4.50. The van der Waals surface area contributed by atoms with Crippen LogP contribution in [-0.2, 0) is 11.3 Å². The Bertz CT molecular complexity index is 527. The fourth-order valence-corrected chi connectivity index (χ4v) is 2.65. The molecule has 1 aliphatic heterocycles. The Morgan fingerprint density at radius 1 is 1.29 bits per heavy atom. The van der Waals surface area contributed by atoms with E-state index in [1.165, 1.54) is 10.5 Å². The van der Waals surface area contributed by atoms with Crippen LogP contribution in [0.5, 0.6) is 0 Å². The van der Waals surface area contributed by atoms with Crippen molar-refractivity contribution < 1.29 is 14.7 Å². The minimum atomic E-state index is -1.10. The number of hydrogen-bond donors (Lipinski definition) is 2. The van der Waals surface area contributed by atoms with E-state index < -0.39 is 11.5 Å². The predicted molar refractivity (Wildman–Crippen MR) is 80.0 cm³/mol. The normalized spacial score (nSPS) is 21.9.